The van der Waals surface area contributed by atoms with Crippen LogP contribution in [0.3, 0.4) is 0 Å². The van der Waals surface area contributed by atoms with Crippen LogP contribution in [0.15, 0.2) is 12.4 Å². The molecule has 1 aliphatic carbocycles. The summed E-state index contributed by atoms with van der Waals surface area (Å²) < 4.78 is 4.08. The molecule has 4 heteroatoms. The maximum atomic E-state index is 9.33. The number of nitrogens with zero attached hydrogens (tertiary/aromatic N) is 3. The molecule has 1 aliphatic rings. The van der Waals surface area contributed by atoms with Crippen molar-refractivity contribution < 1.29 is 5.11 Å². The summed E-state index contributed by atoms with van der Waals surface area (Å²) in [6.07, 6.45) is 6.70. The molecule has 0 bridgehead atoms. The van der Waals surface area contributed by atoms with Crippen molar-refractivity contribution in [3.8, 4) is 0 Å². The molecule has 2 aromatic heterocycles. The average Bonchev–Trinajstić information content (AvgIpc) is 2.86. The van der Waals surface area contributed by atoms with E-state index in [2.05, 4.69) is 15.9 Å². The second-order valence-electron chi connectivity index (χ2n) is 4.38. The summed E-state index contributed by atoms with van der Waals surface area (Å²) in [6.45, 7) is 3.08. The number of hydrogen-bond donors (Lipinski definition) is 1. The maximum Gasteiger partial charge on any atom is 0.141 e. The zero-order chi connectivity index (χ0) is 10.4. The van der Waals surface area contributed by atoms with Gasteiger partial charge in [0.25, 0.3) is 0 Å². The number of aliphatic hydroxyl groups is 1. The van der Waals surface area contributed by atoms with E-state index in [1.54, 1.807) is 0 Å². The number of fused-ring (bicyclic) bond motifs is 1. The van der Waals surface area contributed by atoms with Gasteiger partial charge in [0.1, 0.15) is 5.65 Å². The Balaban J connectivity index is 2.11. The van der Waals surface area contributed by atoms with Gasteiger partial charge >= 0.3 is 0 Å². The van der Waals surface area contributed by atoms with Gasteiger partial charge in [-0.05, 0) is 25.7 Å². The number of hydrogen-bond acceptors (Lipinski definition) is 2. The van der Waals surface area contributed by atoms with Crippen molar-refractivity contribution >= 4 is 5.65 Å². The Hall–Kier alpha value is -1.29. The molecule has 4 nitrogen and oxygen atoms in total. The highest BCUT2D eigenvalue weighted by Crippen LogP contribution is 2.31. The molecule has 1 saturated carbocycles. The fourth-order valence-corrected chi connectivity index (χ4v) is 2.10. The molecule has 0 saturated heterocycles. The van der Waals surface area contributed by atoms with Gasteiger partial charge in [-0.15, -0.1) is 0 Å². The Morgan fingerprint density at radius 1 is 1.47 bits per heavy atom. The summed E-state index contributed by atoms with van der Waals surface area (Å²) in [6, 6.07) is 0. The van der Waals surface area contributed by atoms with Gasteiger partial charge in [0.05, 0.1) is 12.3 Å². The average molecular weight is 205 g/mol. The molecule has 2 aromatic rings. The molecule has 0 aliphatic heterocycles. The smallest absolute Gasteiger partial charge is 0.141 e. The first-order valence-corrected chi connectivity index (χ1v) is 5.43. The number of imidazole rings is 1. The van der Waals surface area contributed by atoms with Crippen LogP contribution in [0.4, 0.5) is 0 Å². The Bertz CT molecular complexity index is 493. The molecule has 1 fully saturated rings. The maximum absolute atomic E-state index is 9.33. The van der Waals surface area contributed by atoms with Crippen LogP contribution in [0, 0.1) is 12.8 Å². The second kappa shape index (κ2) is 3.10. The van der Waals surface area contributed by atoms with E-state index in [1.807, 2.05) is 17.6 Å². The van der Waals surface area contributed by atoms with Gasteiger partial charge in [-0.2, -0.15) is 5.10 Å². The van der Waals surface area contributed by atoms with Crippen molar-refractivity contribution in [3.63, 3.8) is 0 Å². The van der Waals surface area contributed by atoms with Crippen LogP contribution in [0.2, 0.25) is 0 Å². The zero-order valence-corrected chi connectivity index (χ0v) is 8.85. The van der Waals surface area contributed by atoms with Crippen molar-refractivity contribution in [1.82, 2.24) is 14.2 Å². The van der Waals surface area contributed by atoms with Crippen molar-refractivity contribution in [3.05, 3.63) is 23.7 Å². The van der Waals surface area contributed by atoms with Crippen molar-refractivity contribution in [1.29, 1.82) is 0 Å². The van der Waals surface area contributed by atoms with E-state index in [0.717, 1.165) is 29.4 Å². The van der Waals surface area contributed by atoms with E-state index >= 15 is 0 Å². The van der Waals surface area contributed by atoms with Crippen LogP contribution in [-0.4, -0.2) is 19.3 Å². The van der Waals surface area contributed by atoms with Crippen molar-refractivity contribution in [2.45, 2.75) is 32.9 Å². The van der Waals surface area contributed by atoms with Crippen molar-refractivity contribution in [2.24, 2.45) is 5.92 Å². The third-order valence-corrected chi connectivity index (χ3v) is 3.15. The van der Waals surface area contributed by atoms with E-state index in [0.29, 0.717) is 0 Å². The zero-order valence-electron chi connectivity index (χ0n) is 8.85. The minimum atomic E-state index is 0.0734. The standard InChI is InChI=1S/C11H15N3O/c1-8-10(7-15)11-13(6-9-2-3-9)4-5-14(11)12-8/h4-5,9,15H,2-3,6-7H2,1H3. The lowest BCUT2D eigenvalue weighted by molar-refractivity contribution is 0.282. The van der Waals surface area contributed by atoms with E-state index < -0.39 is 0 Å². The summed E-state index contributed by atoms with van der Waals surface area (Å²) in [7, 11) is 0. The number of aromatic nitrogens is 3. The highest BCUT2D eigenvalue weighted by atomic mass is 16.3. The first kappa shape index (κ1) is 8.97. The Morgan fingerprint density at radius 2 is 2.27 bits per heavy atom. The largest absolute Gasteiger partial charge is 0.391 e. The first-order valence-electron chi connectivity index (χ1n) is 5.43. The van der Waals surface area contributed by atoms with E-state index in [9.17, 15) is 5.11 Å². The first-order chi connectivity index (χ1) is 7.29. The van der Waals surface area contributed by atoms with Crippen LogP contribution in [-0.2, 0) is 13.2 Å². The summed E-state index contributed by atoms with van der Waals surface area (Å²) in [5.41, 5.74) is 2.94. The normalized spacial score (nSPS) is 16.4. The molecular weight excluding hydrogens is 190 g/mol. The molecule has 0 radical (unpaired) electrons. The summed E-state index contributed by atoms with van der Waals surface area (Å²) in [4.78, 5) is 0. The minimum absolute atomic E-state index is 0.0734. The molecule has 0 atom stereocenters. The molecule has 0 aromatic carbocycles. The third-order valence-electron chi connectivity index (χ3n) is 3.15. The van der Waals surface area contributed by atoms with Crippen molar-refractivity contribution in [2.75, 3.05) is 0 Å². The lowest BCUT2D eigenvalue weighted by Gasteiger charge is -2.02. The third kappa shape index (κ3) is 1.36. The Kier molecular flexibility index (Phi) is 1.85. The van der Waals surface area contributed by atoms with Gasteiger partial charge in [-0.3, -0.25) is 0 Å². The van der Waals surface area contributed by atoms with Crippen LogP contribution in [0.25, 0.3) is 5.65 Å². The second-order valence-corrected chi connectivity index (χ2v) is 4.38. The van der Waals surface area contributed by atoms with E-state index in [-0.39, 0.29) is 6.61 Å². The molecule has 0 unspecified atom stereocenters. The molecule has 80 valence electrons. The highest BCUT2D eigenvalue weighted by Gasteiger charge is 2.23. The lowest BCUT2D eigenvalue weighted by Crippen LogP contribution is -2.00. The number of rotatable bonds is 3. The molecular formula is C11H15N3O. The van der Waals surface area contributed by atoms with Crippen LogP contribution >= 0.6 is 0 Å². The van der Waals surface area contributed by atoms with Gasteiger partial charge < -0.3 is 9.67 Å². The fourth-order valence-electron chi connectivity index (χ4n) is 2.10. The van der Waals surface area contributed by atoms with E-state index in [4.69, 9.17) is 0 Å². The highest BCUT2D eigenvalue weighted by molar-refractivity contribution is 5.51. The predicted octanol–water partition coefficient (Wildman–Crippen LogP) is 1.35. The van der Waals surface area contributed by atoms with E-state index in [1.165, 1.54) is 12.8 Å². The number of aliphatic hydroxyl groups excluding tert-OH is 1. The summed E-state index contributed by atoms with van der Waals surface area (Å²) >= 11 is 0. The molecule has 15 heavy (non-hydrogen) atoms. The van der Waals surface area contributed by atoms with Gasteiger partial charge in [0, 0.05) is 24.5 Å². The summed E-state index contributed by atoms with van der Waals surface area (Å²) in [5, 5.41) is 13.7. The fraction of sp³-hybridized carbons (Fsp3) is 0.545. The minimum Gasteiger partial charge on any atom is -0.391 e. The predicted molar refractivity (Wildman–Crippen MR) is 56.6 cm³/mol. The molecule has 0 amide bonds. The molecule has 3 rings (SSSR count). The van der Waals surface area contributed by atoms with Gasteiger partial charge in [0.2, 0.25) is 0 Å². The quantitative estimate of drug-likeness (QED) is 0.821. The monoisotopic (exact) mass is 205 g/mol. The van der Waals surface area contributed by atoms with Crippen LogP contribution in [0.1, 0.15) is 24.1 Å². The Morgan fingerprint density at radius 3 is 2.93 bits per heavy atom. The molecule has 1 N–H and O–H groups in total. The van der Waals surface area contributed by atoms with Gasteiger partial charge in [-0.25, -0.2) is 4.52 Å². The lowest BCUT2D eigenvalue weighted by atomic mass is 10.2. The summed E-state index contributed by atoms with van der Waals surface area (Å²) in [5.74, 6) is 0.836. The SMILES string of the molecule is Cc1nn2ccn(CC3CC3)c2c1CO. The molecule has 2 heterocycles. The van der Waals surface area contributed by atoms with Crippen LogP contribution in [0.5, 0.6) is 0 Å². The topological polar surface area (TPSA) is 42.5 Å². The Labute approximate surface area is 88.1 Å². The van der Waals surface area contributed by atoms with Gasteiger partial charge in [0.15, 0.2) is 0 Å². The number of aryl methyl sites for hydroxylation is 1. The molecule has 0 spiro atoms. The van der Waals surface area contributed by atoms with Gasteiger partial charge in [-0.1, -0.05) is 0 Å². The van der Waals surface area contributed by atoms with Crippen LogP contribution < -0.4 is 0 Å².